The van der Waals surface area contributed by atoms with E-state index in [9.17, 15) is 26.3 Å². The molecule has 2 aliphatic rings. The highest BCUT2D eigenvalue weighted by molar-refractivity contribution is 5.27. The molecule has 0 bridgehead atoms. The van der Waals surface area contributed by atoms with Crippen LogP contribution in [0.25, 0.3) is 0 Å². The first kappa shape index (κ1) is 27.1. The summed E-state index contributed by atoms with van der Waals surface area (Å²) in [5.74, 6) is 1.66. The first-order valence-electron chi connectivity index (χ1n) is 12.1. The summed E-state index contributed by atoms with van der Waals surface area (Å²) in [4.78, 5) is 0. The third kappa shape index (κ3) is 7.77. The minimum Gasteiger partial charge on any atom is -0.430 e. The van der Waals surface area contributed by atoms with Crippen molar-refractivity contribution in [3.8, 4) is 5.75 Å². The van der Waals surface area contributed by atoms with Crippen molar-refractivity contribution < 1.29 is 40.6 Å². The van der Waals surface area contributed by atoms with E-state index in [0.717, 1.165) is 55.2 Å². The lowest BCUT2D eigenvalue weighted by Crippen LogP contribution is -2.45. The van der Waals surface area contributed by atoms with Crippen molar-refractivity contribution in [2.75, 3.05) is 13.9 Å². The normalized spacial score (nSPS) is 27.4. The summed E-state index contributed by atoms with van der Waals surface area (Å²) >= 11 is 0. The summed E-state index contributed by atoms with van der Waals surface area (Å²) in [6.07, 6.45) is -3.59. The van der Waals surface area contributed by atoms with Crippen LogP contribution in [0.15, 0.2) is 24.3 Å². The molecule has 2 fully saturated rings. The number of aryl methyl sites for hydroxylation is 1. The fourth-order valence-corrected chi connectivity index (χ4v) is 5.33. The summed E-state index contributed by atoms with van der Waals surface area (Å²) in [6.45, 7) is 0.360. The van der Waals surface area contributed by atoms with Gasteiger partial charge in [0.1, 0.15) is 12.5 Å². The number of alkyl halides is 6. The molecule has 3 nitrogen and oxygen atoms in total. The molecular weight excluding hydrogens is 462 g/mol. The van der Waals surface area contributed by atoms with Crippen LogP contribution in [0.2, 0.25) is 0 Å². The molecule has 0 amide bonds. The number of rotatable bonds is 10. The molecule has 0 aromatic heterocycles. The Morgan fingerprint density at radius 3 is 1.94 bits per heavy atom. The highest BCUT2D eigenvalue weighted by Gasteiger charge is 2.59. The summed E-state index contributed by atoms with van der Waals surface area (Å²) in [6, 6.07) is 5.41. The van der Waals surface area contributed by atoms with Crippen molar-refractivity contribution in [3.05, 3.63) is 29.8 Å². The van der Waals surface area contributed by atoms with E-state index < -0.39 is 24.2 Å². The van der Waals surface area contributed by atoms with Crippen LogP contribution >= 0.6 is 0 Å². The Morgan fingerprint density at radius 1 is 0.853 bits per heavy atom. The average Bonchev–Trinajstić information content (AvgIpc) is 2.82. The first-order chi connectivity index (χ1) is 16.1. The van der Waals surface area contributed by atoms with Gasteiger partial charge in [-0.25, -0.2) is 4.39 Å². The zero-order chi connectivity index (χ0) is 24.8. The molecule has 0 N–H and O–H groups in total. The number of benzene rings is 1. The highest BCUT2D eigenvalue weighted by atomic mass is 19.4. The SMILES string of the molecule is COCOC1CCC(C2CCC(CCc3ccc(OC(F)(F)C(F)C(F)(F)F)cc3)CC2)CC1. The van der Waals surface area contributed by atoms with Crippen LogP contribution in [0, 0.1) is 17.8 Å². The van der Waals surface area contributed by atoms with E-state index >= 15 is 0 Å². The molecule has 0 spiro atoms. The fourth-order valence-electron chi connectivity index (χ4n) is 5.33. The topological polar surface area (TPSA) is 27.7 Å². The highest BCUT2D eigenvalue weighted by Crippen LogP contribution is 2.41. The van der Waals surface area contributed by atoms with Gasteiger partial charge in [0.25, 0.3) is 6.17 Å². The first-order valence-corrected chi connectivity index (χ1v) is 12.1. The van der Waals surface area contributed by atoms with E-state index in [2.05, 4.69) is 4.74 Å². The van der Waals surface area contributed by atoms with Gasteiger partial charge in [-0.1, -0.05) is 25.0 Å². The summed E-state index contributed by atoms with van der Waals surface area (Å²) in [7, 11) is 1.64. The summed E-state index contributed by atoms with van der Waals surface area (Å²) < 4.78 is 91.1. The number of hydrogen-bond acceptors (Lipinski definition) is 3. The van der Waals surface area contributed by atoms with Crippen molar-refractivity contribution in [2.45, 2.75) is 88.8 Å². The van der Waals surface area contributed by atoms with Crippen LogP contribution in [-0.4, -0.2) is 38.5 Å². The fraction of sp³-hybridized carbons (Fsp3) is 0.760. The predicted molar refractivity (Wildman–Crippen MR) is 115 cm³/mol. The quantitative estimate of drug-likeness (QED) is 0.248. The Bertz CT molecular complexity index is 723. The monoisotopic (exact) mass is 496 g/mol. The molecule has 194 valence electrons. The van der Waals surface area contributed by atoms with Gasteiger partial charge < -0.3 is 14.2 Å². The van der Waals surface area contributed by atoms with Crippen LogP contribution in [0.5, 0.6) is 5.75 Å². The molecule has 34 heavy (non-hydrogen) atoms. The average molecular weight is 497 g/mol. The molecular formula is C25H34F6O3. The van der Waals surface area contributed by atoms with Gasteiger partial charge in [-0.3, -0.25) is 0 Å². The maximum Gasteiger partial charge on any atom is 0.439 e. The minimum atomic E-state index is -5.69. The molecule has 1 atom stereocenters. The standard InChI is InChI=1S/C25H34F6O3/c1-32-16-33-21-14-10-20(11-15-21)19-8-4-17(5-9-19)2-3-18-6-12-22(13-7-18)34-25(30,31)23(26)24(27,28)29/h6-7,12-13,17,19-21,23H,2-5,8-11,14-16H2,1H3. The zero-order valence-electron chi connectivity index (χ0n) is 19.5. The van der Waals surface area contributed by atoms with E-state index in [1.165, 1.54) is 38.5 Å². The van der Waals surface area contributed by atoms with Crippen molar-refractivity contribution >= 4 is 0 Å². The van der Waals surface area contributed by atoms with E-state index in [4.69, 9.17) is 9.47 Å². The molecule has 0 radical (unpaired) electrons. The van der Waals surface area contributed by atoms with Crippen LogP contribution in [-0.2, 0) is 15.9 Å². The van der Waals surface area contributed by atoms with Gasteiger partial charge in [0.05, 0.1) is 6.10 Å². The smallest absolute Gasteiger partial charge is 0.430 e. The molecule has 2 saturated carbocycles. The number of methoxy groups -OCH3 is 1. The summed E-state index contributed by atoms with van der Waals surface area (Å²) in [5, 5.41) is 0. The van der Waals surface area contributed by atoms with Crippen LogP contribution < -0.4 is 4.74 Å². The van der Waals surface area contributed by atoms with Gasteiger partial charge in [0, 0.05) is 7.11 Å². The maximum absolute atomic E-state index is 13.4. The molecule has 0 saturated heterocycles. The molecule has 0 aliphatic heterocycles. The van der Waals surface area contributed by atoms with E-state index in [0.29, 0.717) is 18.8 Å². The molecule has 0 heterocycles. The Balaban J connectivity index is 1.37. The predicted octanol–water partition coefficient (Wildman–Crippen LogP) is 7.48. The third-order valence-electron chi connectivity index (χ3n) is 7.30. The van der Waals surface area contributed by atoms with Gasteiger partial charge in [-0.15, -0.1) is 0 Å². The molecule has 1 aromatic rings. The minimum absolute atomic E-state index is 0.318. The number of ether oxygens (including phenoxy) is 3. The lowest BCUT2D eigenvalue weighted by atomic mass is 9.70. The second-order valence-electron chi connectivity index (χ2n) is 9.64. The second kappa shape index (κ2) is 12.0. The largest absolute Gasteiger partial charge is 0.439 e. The van der Waals surface area contributed by atoms with Gasteiger partial charge in [-0.2, -0.15) is 22.0 Å². The van der Waals surface area contributed by atoms with E-state index in [1.54, 1.807) is 19.2 Å². The summed E-state index contributed by atoms with van der Waals surface area (Å²) in [5.41, 5.74) is 0.889. The van der Waals surface area contributed by atoms with Crippen LogP contribution in [0.1, 0.15) is 63.4 Å². The van der Waals surface area contributed by atoms with Crippen molar-refractivity contribution in [1.82, 2.24) is 0 Å². The van der Waals surface area contributed by atoms with Crippen LogP contribution in [0.4, 0.5) is 26.3 Å². The second-order valence-corrected chi connectivity index (χ2v) is 9.64. The maximum atomic E-state index is 13.4. The Hall–Kier alpha value is -1.48. The Kier molecular flexibility index (Phi) is 9.55. The van der Waals surface area contributed by atoms with Crippen LogP contribution in [0.3, 0.4) is 0 Å². The van der Waals surface area contributed by atoms with Crippen molar-refractivity contribution in [3.63, 3.8) is 0 Å². The molecule has 2 aliphatic carbocycles. The number of halogens is 6. The van der Waals surface area contributed by atoms with Gasteiger partial charge in [0.15, 0.2) is 0 Å². The lowest BCUT2D eigenvalue weighted by molar-refractivity contribution is -0.304. The van der Waals surface area contributed by atoms with E-state index in [1.807, 2.05) is 0 Å². The molecule has 1 aromatic carbocycles. The lowest BCUT2D eigenvalue weighted by Gasteiger charge is -2.37. The van der Waals surface area contributed by atoms with Gasteiger partial charge in [-0.05, 0) is 86.8 Å². The molecule has 9 heteroatoms. The van der Waals surface area contributed by atoms with E-state index in [-0.39, 0.29) is 0 Å². The Labute approximate surface area is 197 Å². The Morgan fingerprint density at radius 2 is 1.41 bits per heavy atom. The van der Waals surface area contributed by atoms with Gasteiger partial charge in [0.2, 0.25) is 0 Å². The molecule has 1 unspecified atom stereocenters. The van der Waals surface area contributed by atoms with Gasteiger partial charge >= 0.3 is 12.3 Å². The third-order valence-corrected chi connectivity index (χ3v) is 7.30. The zero-order valence-corrected chi connectivity index (χ0v) is 19.5. The van der Waals surface area contributed by atoms with Crippen molar-refractivity contribution in [1.29, 1.82) is 0 Å². The van der Waals surface area contributed by atoms with Crippen molar-refractivity contribution in [2.24, 2.45) is 17.8 Å². The molecule has 3 rings (SSSR count). The number of hydrogen-bond donors (Lipinski definition) is 0.